The second-order valence-corrected chi connectivity index (χ2v) is 2.62. The van der Waals surface area contributed by atoms with Crippen LogP contribution in [-0.4, -0.2) is 30.1 Å². The van der Waals surface area contributed by atoms with E-state index in [1.807, 2.05) is 5.32 Å². The zero-order valence-electron chi connectivity index (χ0n) is 7.22. The SMILES string of the molecule is C=CCCC(=O)NCC(F)(F)CO. The van der Waals surface area contributed by atoms with Crippen molar-refractivity contribution >= 4 is 5.91 Å². The number of aliphatic hydroxyl groups is 1. The molecule has 0 aliphatic rings. The van der Waals surface area contributed by atoms with Gasteiger partial charge in [-0.05, 0) is 6.42 Å². The van der Waals surface area contributed by atoms with Crippen molar-refractivity contribution in [1.82, 2.24) is 5.32 Å². The maximum atomic E-state index is 12.4. The Morgan fingerprint density at radius 2 is 2.23 bits per heavy atom. The van der Waals surface area contributed by atoms with Crippen LogP contribution in [0.25, 0.3) is 0 Å². The quantitative estimate of drug-likeness (QED) is 0.610. The van der Waals surface area contributed by atoms with E-state index in [0.29, 0.717) is 6.42 Å². The minimum atomic E-state index is -3.23. The summed E-state index contributed by atoms with van der Waals surface area (Å²) in [5, 5.41) is 10.2. The molecule has 3 nitrogen and oxygen atoms in total. The molecular weight excluding hydrogens is 180 g/mol. The number of alkyl halides is 2. The van der Waals surface area contributed by atoms with Gasteiger partial charge in [-0.1, -0.05) is 6.08 Å². The molecule has 0 bridgehead atoms. The largest absolute Gasteiger partial charge is 0.390 e. The lowest BCUT2D eigenvalue weighted by atomic mass is 10.3. The maximum absolute atomic E-state index is 12.4. The Labute approximate surface area is 75.4 Å². The summed E-state index contributed by atoms with van der Waals surface area (Å²) in [7, 11) is 0. The zero-order chi connectivity index (χ0) is 10.3. The number of aliphatic hydroxyl groups excluding tert-OH is 1. The third-order valence-electron chi connectivity index (χ3n) is 1.35. The molecule has 2 N–H and O–H groups in total. The molecular formula is C8H13F2NO2. The summed E-state index contributed by atoms with van der Waals surface area (Å²) in [6.45, 7) is 1.31. The summed E-state index contributed by atoms with van der Waals surface area (Å²) in [5.74, 6) is -3.70. The van der Waals surface area contributed by atoms with E-state index in [1.165, 1.54) is 6.08 Å². The number of hydrogen-bond acceptors (Lipinski definition) is 2. The van der Waals surface area contributed by atoms with Crippen molar-refractivity contribution in [3.05, 3.63) is 12.7 Å². The number of nitrogens with one attached hydrogen (secondary N) is 1. The van der Waals surface area contributed by atoms with Crippen LogP contribution in [0.1, 0.15) is 12.8 Å². The Balaban J connectivity index is 3.63. The molecule has 0 rings (SSSR count). The summed E-state index contributed by atoms with van der Waals surface area (Å²) in [6.07, 6.45) is 2.13. The molecule has 0 aromatic heterocycles. The minimum Gasteiger partial charge on any atom is -0.390 e. The first kappa shape index (κ1) is 12.0. The fourth-order valence-corrected chi connectivity index (χ4v) is 0.605. The van der Waals surface area contributed by atoms with E-state index in [1.54, 1.807) is 0 Å². The van der Waals surface area contributed by atoms with Gasteiger partial charge in [-0.25, -0.2) is 8.78 Å². The van der Waals surface area contributed by atoms with Gasteiger partial charge in [-0.2, -0.15) is 0 Å². The first-order chi connectivity index (χ1) is 6.02. The monoisotopic (exact) mass is 193 g/mol. The third kappa shape index (κ3) is 6.21. The molecule has 0 spiro atoms. The summed E-state index contributed by atoms with van der Waals surface area (Å²) >= 11 is 0. The summed E-state index contributed by atoms with van der Waals surface area (Å²) in [4.78, 5) is 10.8. The Kier molecular flexibility index (Phi) is 5.22. The highest BCUT2D eigenvalue weighted by Crippen LogP contribution is 2.09. The number of hydrogen-bond donors (Lipinski definition) is 2. The molecule has 0 saturated heterocycles. The van der Waals surface area contributed by atoms with Gasteiger partial charge in [0.1, 0.15) is 6.61 Å². The van der Waals surface area contributed by atoms with Crippen molar-refractivity contribution in [1.29, 1.82) is 0 Å². The van der Waals surface area contributed by atoms with Crippen LogP contribution in [0.2, 0.25) is 0 Å². The molecule has 0 aromatic rings. The molecule has 0 aromatic carbocycles. The summed E-state index contributed by atoms with van der Waals surface area (Å²) in [5.41, 5.74) is 0. The number of carbonyl (C=O) groups excluding carboxylic acids is 1. The first-order valence-corrected chi connectivity index (χ1v) is 3.88. The van der Waals surface area contributed by atoms with E-state index >= 15 is 0 Å². The van der Waals surface area contributed by atoms with Crippen LogP contribution in [0.15, 0.2) is 12.7 Å². The number of carbonyl (C=O) groups is 1. The lowest BCUT2D eigenvalue weighted by molar-refractivity contribution is -0.123. The van der Waals surface area contributed by atoms with Crippen LogP contribution >= 0.6 is 0 Å². The smallest absolute Gasteiger partial charge is 0.287 e. The molecule has 0 atom stereocenters. The standard InChI is InChI=1S/C8H13F2NO2/c1-2-3-4-7(13)11-5-8(9,10)6-12/h2,12H,1,3-6H2,(H,11,13). The molecule has 0 radical (unpaired) electrons. The topological polar surface area (TPSA) is 49.3 Å². The number of halogens is 2. The molecule has 1 amide bonds. The Hall–Kier alpha value is -0.970. The maximum Gasteiger partial charge on any atom is 0.287 e. The summed E-state index contributed by atoms with van der Waals surface area (Å²) in [6, 6.07) is 0. The highest BCUT2D eigenvalue weighted by Gasteiger charge is 2.27. The Bertz CT molecular complexity index is 183. The molecule has 5 heteroatoms. The van der Waals surface area contributed by atoms with Crippen LogP contribution in [-0.2, 0) is 4.79 Å². The fourth-order valence-electron chi connectivity index (χ4n) is 0.605. The lowest BCUT2D eigenvalue weighted by Gasteiger charge is -2.13. The second-order valence-electron chi connectivity index (χ2n) is 2.62. The van der Waals surface area contributed by atoms with E-state index < -0.39 is 25.0 Å². The van der Waals surface area contributed by atoms with Gasteiger partial charge >= 0.3 is 0 Å². The van der Waals surface area contributed by atoms with Gasteiger partial charge in [-0.15, -0.1) is 6.58 Å². The Morgan fingerprint density at radius 3 is 2.69 bits per heavy atom. The van der Waals surface area contributed by atoms with Crippen molar-refractivity contribution in [2.24, 2.45) is 0 Å². The Morgan fingerprint density at radius 1 is 1.62 bits per heavy atom. The number of amides is 1. The third-order valence-corrected chi connectivity index (χ3v) is 1.35. The van der Waals surface area contributed by atoms with Gasteiger partial charge in [0.25, 0.3) is 5.92 Å². The van der Waals surface area contributed by atoms with Crippen molar-refractivity contribution in [3.63, 3.8) is 0 Å². The van der Waals surface area contributed by atoms with Gasteiger partial charge in [0.15, 0.2) is 0 Å². The normalized spacial score (nSPS) is 11.0. The molecule has 0 fully saturated rings. The average molecular weight is 193 g/mol. The van der Waals surface area contributed by atoms with E-state index in [0.717, 1.165) is 0 Å². The van der Waals surface area contributed by atoms with Crippen LogP contribution in [0.3, 0.4) is 0 Å². The predicted octanol–water partition coefficient (Wildman–Crippen LogP) is 0.696. The van der Waals surface area contributed by atoms with Crippen LogP contribution < -0.4 is 5.32 Å². The highest BCUT2D eigenvalue weighted by atomic mass is 19.3. The molecule has 0 aliphatic heterocycles. The average Bonchev–Trinajstić information content (AvgIpc) is 2.11. The lowest BCUT2D eigenvalue weighted by Crippen LogP contribution is -2.38. The van der Waals surface area contributed by atoms with E-state index in [9.17, 15) is 13.6 Å². The van der Waals surface area contributed by atoms with Crippen molar-refractivity contribution in [2.45, 2.75) is 18.8 Å². The molecule has 0 aliphatic carbocycles. The zero-order valence-corrected chi connectivity index (χ0v) is 7.22. The number of allylic oxidation sites excluding steroid dienone is 1. The van der Waals surface area contributed by atoms with Gasteiger partial charge in [0, 0.05) is 6.42 Å². The first-order valence-electron chi connectivity index (χ1n) is 3.88. The van der Waals surface area contributed by atoms with Gasteiger partial charge in [-0.3, -0.25) is 4.79 Å². The molecule has 0 unspecified atom stereocenters. The van der Waals surface area contributed by atoms with Crippen LogP contribution in [0.5, 0.6) is 0 Å². The van der Waals surface area contributed by atoms with E-state index in [4.69, 9.17) is 5.11 Å². The minimum absolute atomic E-state index is 0.144. The van der Waals surface area contributed by atoms with Gasteiger partial charge < -0.3 is 10.4 Å². The van der Waals surface area contributed by atoms with Crippen LogP contribution in [0.4, 0.5) is 8.78 Å². The highest BCUT2D eigenvalue weighted by molar-refractivity contribution is 5.76. The van der Waals surface area contributed by atoms with Crippen molar-refractivity contribution in [3.8, 4) is 0 Å². The fraction of sp³-hybridized carbons (Fsp3) is 0.625. The number of rotatable bonds is 6. The second kappa shape index (κ2) is 5.64. The van der Waals surface area contributed by atoms with E-state index in [-0.39, 0.29) is 6.42 Å². The van der Waals surface area contributed by atoms with Crippen molar-refractivity contribution < 1.29 is 18.7 Å². The van der Waals surface area contributed by atoms with Crippen LogP contribution in [0, 0.1) is 0 Å². The van der Waals surface area contributed by atoms with Gasteiger partial charge in [0.05, 0.1) is 6.54 Å². The van der Waals surface area contributed by atoms with Crippen molar-refractivity contribution in [2.75, 3.05) is 13.2 Å². The molecule has 76 valence electrons. The molecule has 13 heavy (non-hydrogen) atoms. The summed E-state index contributed by atoms with van der Waals surface area (Å²) < 4.78 is 24.7. The molecule has 0 heterocycles. The molecule has 0 saturated carbocycles. The van der Waals surface area contributed by atoms with E-state index in [2.05, 4.69) is 6.58 Å². The predicted molar refractivity (Wildman–Crippen MR) is 44.5 cm³/mol. The van der Waals surface area contributed by atoms with Gasteiger partial charge in [0.2, 0.25) is 5.91 Å².